The van der Waals surface area contributed by atoms with Crippen molar-refractivity contribution in [3.05, 3.63) is 30.1 Å². The van der Waals surface area contributed by atoms with Crippen LogP contribution in [0.2, 0.25) is 0 Å². The van der Waals surface area contributed by atoms with Gasteiger partial charge in [0.25, 0.3) is 0 Å². The van der Waals surface area contributed by atoms with Gasteiger partial charge in [0.2, 0.25) is 5.91 Å². The van der Waals surface area contributed by atoms with E-state index >= 15 is 0 Å². The molecule has 1 saturated carbocycles. The first-order valence-electron chi connectivity index (χ1n) is 6.51. The second kappa shape index (κ2) is 6.91. The highest BCUT2D eigenvalue weighted by molar-refractivity contribution is 8.00. The summed E-state index contributed by atoms with van der Waals surface area (Å²) < 4.78 is 13.4. The van der Waals surface area contributed by atoms with Gasteiger partial charge in [0.05, 0.1) is 17.9 Å². The quantitative estimate of drug-likeness (QED) is 0.834. The van der Waals surface area contributed by atoms with Gasteiger partial charge in [0.1, 0.15) is 5.82 Å². The largest absolute Gasteiger partial charge is 0.391 e. The van der Waals surface area contributed by atoms with Crippen LogP contribution >= 0.6 is 11.8 Å². The normalized spacial score (nSPS) is 23.1. The summed E-state index contributed by atoms with van der Waals surface area (Å²) in [5, 5.41) is 12.6. The molecule has 2 atom stereocenters. The molecule has 1 aromatic rings. The van der Waals surface area contributed by atoms with E-state index in [4.69, 9.17) is 0 Å². The highest BCUT2D eigenvalue weighted by atomic mass is 32.2. The number of aliphatic hydroxyl groups excluding tert-OH is 1. The number of carbonyl (C=O) groups excluding carboxylic acids is 1. The summed E-state index contributed by atoms with van der Waals surface area (Å²) in [6.07, 6.45) is 3.15. The van der Waals surface area contributed by atoms with Gasteiger partial charge in [-0.3, -0.25) is 4.79 Å². The number of aliphatic hydroxyl groups is 1. The molecule has 5 heteroatoms. The fourth-order valence-electron chi connectivity index (χ4n) is 2.23. The van der Waals surface area contributed by atoms with Gasteiger partial charge in [-0.1, -0.05) is 25.0 Å². The van der Waals surface area contributed by atoms with Crippen LogP contribution in [-0.4, -0.2) is 28.9 Å². The van der Waals surface area contributed by atoms with Crippen LogP contribution in [0.25, 0.3) is 0 Å². The number of rotatable bonds is 4. The Morgan fingerprint density at radius 1 is 1.37 bits per heavy atom. The lowest BCUT2D eigenvalue weighted by Crippen LogP contribution is -2.45. The Morgan fingerprint density at radius 3 is 2.84 bits per heavy atom. The number of carbonyl (C=O) groups is 1. The predicted octanol–water partition coefficient (Wildman–Crippen LogP) is 2.34. The van der Waals surface area contributed by atoms with E-state index < -0.39 is 6.10 Å². The lowest BCUT2D eigenvalue weighted by atomic mass is 9.93. The molecule has 0 spiro atoms. The molecule has 104 valence electrons. The van der Waals surface area contributed by atoms with Gasteiger partial charge in [-0.15, -0.1) is 11.8 Å². The second-order valence-electron chi connectivity index (χ2n) is 4.74. The number of hydrogen-bond donors (Lipinski definition) is 2. The van der Waals surface area contributed by atoms with Crippen LogP contribution in [0.5, 0.6) is 0 Å². The predicted molar refractivity (Wildman–Crippen MR) is 73.5 cm³/mol. The maximum Gasteiger partial charge on any atom is 0.230 e. The standard InChI is InChI=1S/C14H18FNO2S/c15-10-5-1-4-8-13(10)19-9-14(18)16-11-6-2-3-7-12(11)17/h1,4-5,8,11-12,17H,2-3,6-7,9H2,(H,16,18)/t11-,12-/m1/s1. The third kappa shape index (κ3) is 4.21. The smallest absolute Gasteiger partial charge is 0.230 e. The van der Waals surface area contributed by atoms with Crippen LogP contribution in [-0.2, 0) is 4.79 Å². The van der Waals surface area contributed by atoms with Gasteiger partial charge in [-0.25, -0.2) is 4.39 Å². The molecule has 0 heterocycles. The summed E-state index contributed by atoms with van der Waals surface area (Å²) in [5.74, 6) is -0.290. The Balaban J connectivity index is 1.80. The third-order valence-corrected chi connectivity index (χ3v) is 4.32. The summed E-state index contributed by atoms with van der Waals surface area (Å²) in [5.41, 5.74) is 0. The zero-order chi connectivity index (χ0) is 13.7. The molecule has 0 bridgehead atoms. The highest BCUT2D eigenvalue weighted by Gasteiger charge is 2.24. The van der Waals surface area contributed by atoms with Gasteiger partial charge in [0, 0.05) is 4.90 Å². The molecule has 3 nitrogen and oxygen atoms in total. The Kier molecular flexibility index (Phi) is 5.22. The zero-order valence-electron chi connectivity index (χ0n) is 10.6. The fourth-order valence-corrected chi connectivity index (χ4v) is 2.98. The molecule has 0 aliphatic heterocycles. The van der Waals surface area contributed by atoms with Crippen molar-refractivity contribution in [2.75, 3.05) is 5.75 Å². The molecule has 2 N–H and O–H groups in total. The first-order chi connectivity index (χ1) is 9.16. The van der Waals surface area contributed by atoms with Crippen LogP contribution < -0.4 is 5.32 Å². The molecule has 0 saturated heterocycles. The Bertz CT molecular complexity index is 441. The average molecular weight is 283 g/mol. The van der Waals surface area contributed by atoms with Crippen molar-refractivity contribution in [1.29, 1.82) is 0 Å². The van der Waals surface area contributed by atoms with E-state index in [1.165, 1.54) is 17.8 Å². The molecule has 2 rings (SSSR count). The maximum atomic E-state index is 13.4. The molecule has 0 radical (unpaired) electrons. The number of nitrogens with one attached hydrogen (secondary N) is 1. The van der Waals surface area contributed by atoms with Gasteiger partial charge < -0.3 is 10.4 Å². The molecule has 1 aliphatic carbocycles. The minimum Gasteiger partial charge on any atom is -0.391 e. The van der Waals surface area contributed by atoms with E-state index in [1.54, 1.807) is 18.2 Å². The first kappa shape index (κ1) is 14.3. The van der Waals surface area contributed by atoms with Crippen molar-refractivity contribution in [3.8, 4) is 0 Å². The Morgan fingerprint density at radius 2 is 2.11 bits per heavy atom. The summed E-state index contributed by atoms with van der Waals surface area (Å²) in [6, 6.07) is 6.25. The third-order valence-electron chi connectivity index (χ3n) is 3.27. The van der Waals surface area contributed by atoms with Crippen LogP contribution in [0.15, 0.2) is 29.2 Å². The molecule has 0 unspecified atom stereocenters. The molecule has 1 aliphatic rings. The van der Waals surface area contributed by atoms with E-state index in [9.17, 15) is 14.3 Å². The SMILES string of the molecule is O=C(CSc1ccccc1F)N[C@@H]1CCCC[C@H]1O. The lowest BCUT2D eigenvalue weighted by Gasteiger charge is -2.28. The second-order valence-corrected chi connectivity index (χ2v) is 5.76. The number of thioether (sulfide) groups is 1. The van der Waals surface area contributed by atoms with E-state index in [1.807, 2.05) is 0 Å². The zero-order valence-corrected chi connectivity index (χ0v) is 11.5. The minimum atomic E-state index is -0.448. The van der Waals surface area contributed by atoms with Gasteiger partial charge in [0.15, 0.2) is 0 Å². The molecular formula is C14H18FNO2S. The van der Waals surface area contributed by atoms with E-state index in [-0.39, 0.29) is 23.5 Å². The monoisotopic (exact) mass is 283 g/mol. The summed E-state index contributed by atoms with van der Waals surface area (Å²) in [6.45, 7) is 0. The van der Waals surface area contributed by atoms with E-state index in [0.29, 0.717) is 4.90 Å². The van der Waals surface area contributed by atoms with Crippen molar-refractivity contribution in [2.24, 2.45) is 0 Å². The van der Waals surface area contributed by atoms with Crippen molar-refractivity contribution < 1.29 is 14.3 Å². The molecular weight excluding hydrogens is 265 g/mol. The maximum absolute atomic E-state index is 13.4. The van der Waals surface area contributed by atoms with Crippen LogP contribution in [0, 0.1) is 5.82 Å². The summed E-state index contributed by atoms with van der Waals surface area (Å²) >= 11 is 1.18. The van der Waals surface area contributed by atoms with Crippen LogP contribution in [0.4, 0.5) is 4.39 Å². The van der Waals surface area contributed by atoms with Gasteiger partial charge in [-0.2, -0.15) is 0 Å². The van der Waals surface area contributed by atoms with Crippen molar-refractivity contribution in [1.82, 2.24) is 5.32 Å². The van der Waals surface area contributed by atoms with E-state index in [2.05, 4.69) is 5.32 Å². The average Bonchev–Trinajstić information content (AvgIpc) is 2.40. The fraction of sp³-hybridized carbons (Fsp3) is 0.500. The lowest BCUT2D eigenvalue weighted by molar-refractivity contribution is -0.120. The van der Waals surface area contributed by atoms with Gasteiger partial charge in [-0.05, 0) is 25.0 Å². The molecule has 19 heavy (non-hydrogen) atoms. The number of benzene rings is 1. The molecule has 1 fully saturated rings. The van der Waals surface area contributed by atoms with Gasteiger partial charge >= 0.3 is 0 Å². The number of hydrogen-bond acceptors (Lipinski definition) is 3. The van der Waals surface area contributed by atoms with E-state index in [0.717, 1.165) is 25.7 Å². The van der Waals surface area contributed by atoms with Crippen molar-refractivity contribution in [3.63, 3.8) is 0 Å². The van der Waals surface area contributed by atoms with Crippen molar-refractivity contribution >= 4 is 17.7 Å². The molecule has 1 aromatic carbocycles. The Hall–Kier alpha value is -1.07. The minimum absolute atomic E-state index is 0.150. The highest BCUT2D eigenvalue weighted by Crippen LogP contribution is 2.22. The topological polar surface area (TPSA) is 49.3 Å². The summed E-state index contributed by atoms with van der Waals surface area (Å²) in [7, 11) is 0. The van der Waals surface area contributed by atoms with Crippen LogP contribution in [0.1, 0.15) is 25.7 Å². The molecule has 0 aromatic heterocycles. The van der Waals surface area contributed by atoms with Crippen molar-refractivity contribution in [2.45, 2.75) is 42.7 Å². The summed E-state index contributed by atoms with van der Waals surface area (Å²) in [4.78, 5) is 12.2. The number of amides is 1. The first-order valence-corrected chi connectivity index (χ1v) is 7.50. The Labute approximate surface area is 116 Å². The van der Waals surface area contributed by atoms with Crippen LogP contribution in [0.3, 0.4) is 0 Å². The number of halogens is 1. The molecule has 1 amide bonds.